The van der Waals surface area contributed by atoms with E-state index in [4.69, 9.17) is 10.5 Å². The average Bonchev–Trinajstić information content (AvgIpc) is 2.91. The van der Waals surface area contributed by atoms with Gasteiger partial charge in [-0.05, 0) is 30.7 Å². The van der Waals surface area contributed by atoms with E-state index in [1.807, 2.05) is 4.90 Å². The monoisotopic (exact) mass is 235 g/mol. The van der Waals surface area contributed by atoms with Crippen LogP contribution in [-0.4, -0.2) is 31.3 Å². The zero-order chi connectivity index (χ0) is 11.9. The van der Waals surface area contributed by atoms with E-state index in [1.165, 1.54) is 12.1 Å². The highest BCUT2D eigenvalue weighted by molar-refractivity contribution is 5.98. The summed E-state index contributed by atoms with van der Waals surface area (Å²) >= 11 is 0. The molecule has 3 rings (SSSR count). The zero-order valence-electron chi connectivity index (χ0n) is 9.40. The maximum atomic E-state index is 12.9. The number of ether oxygens (including phenoxy) is 1. The van der Waals surface area contributed by atoms with Gasteiger partial charge in [0.2, 0.25) is 0 Å². The van der Waals surface area contributed by atoms with Crippen molar-refractivity contribution in [3.63, 3.8) is 0 Å². The molecule has 0 radical (unpaired) electrons. The minimum absolute atomic E-state index is 0.165. The summed E-state index contributed by atoms with van der Waals surface area (Å²) in [6.07, 6.45) is 0.897. The average molecular weight is 235 g/mol. The third-order valence-corrected chi connectivity index (χ3v) is 3.41. The highest BCUT2D eigenvalue weighted by Gasteiger charge is 2.46. The molecule has 0 aromatic heterocycles. The van der Waals surface area contributed by atoms with Crippen molar-refractivity contribution < 1.29 is 9.13 Å². The van der Waals surface area contributed by atoms with Crippen LogP contribution in [0.4, 0.5) is 10.1 Å². The first-order chi connectivity index (χ1) is 8.21. The molecule has 0 amide bonds. The van der Waals surface area contributed by atoms with Crippen LogP contribution in [0.25, 0.3) is 0 Å². The van der Waals surface area contributed by atoms with Crippen LogP contribution >= 0.6 is 0 Å². The molecule has 2 aliphatic rings. The Kier molecular flexibility index (Phi) is 2.29. The van der Waals surface area contributed by atoms with Crippen molar-refractivity contribution in [3.05, 3.63) is 30.1 Å². The first-order valence-electron chi connectivity index (χ1n) is 5.65. The number of hydrogen-bond acceptors (Lipinski definition) is 4. The molecule has 0 bridgehead atoms. The van der Waals surface area contributed by atoms with Crippen LogP contribution in [0, 0.1) is 5.82 Å². The summed E-state index contributed by atoms with van der Waals surface area (Å²) in [5.41, 5.74) is 6.64. The predicted molar refractivity (Wildman–Crippen MR) is 63.5 cm³/mol. The molecule has 1 aromatic rings. The molecule has 1 aromatic carbocycles. The summed E-state index contributed by atoms with van der Waals surface area (Å²) in [6, 6.07) is 6.32. The second-order valence-electron chi connectivity index (χ2n) is 4.51. The Morgan fingerprint density at radius 2 is 2.12 bits per heavy atom. The Bertz CT molecular complexity index is 451. The number of hydrogen-bond donors (Lipinski definition) is 1. The largest absolute Gasteiger partial charge is 0.379 e. The Labute approximate surface area is 98.9 Å². The van der Waals surface area contributed by atoms with Gasteiger partial charge in [-0.25, -0.2) is 4.39 Å². The van der Waals surface area contributed by atoms with Crippen molar-refractivity contribution in [2.45, 2.75) is 12.0 Å². The van der Waals surface area contributed by atoms with Gasteiger partial charge in [0.1, 0.15) is 5.82 Å². The number of aliphatic imine (C=N–C) groups is 1. The lowest BCUT2D eigenvalue weighted by Crippen LogP contribution is -2.52. The molecule has 2 N–H and O–H groups in total. The first kappa shape index (κ1) is 10.5. The van der Waals surface area contributed by atoms with Crippen molar-refractivity contribution in [1.82, 2.24) is 0 Å². The zero-order valence-corrected chi connectivity index (χ0v) is 9.40. The lowest BCUT2D eigenvalue weighted by molar-refractivity contribution is 0.181. The van der Waals surface area contributed by atoms with E-state index in [0.717, 1.165) is 18.7 Å². The van der Waals surface area contributed by atoms with Gasteiger partial charge in [0, 0.05) is 12.3 Å². The molecule has 1 spiro atoms. The van der Waals surface area contributed by atoms with Crippen LogP contribution < -0.4 is 10.6 Å². The van der Waals surface area contributed by atoms with Gasteiger partial charge >= 0.3 is 0 Å². The fraction of sp³-hybridized carbons (Fsp3) is 0.417. The SMILES string of the molecule is NC1=NCC2(CCOC2)N1c1ccc(F)cc1. The number of halogens is 1. The first-order valence-corrected chi connectivity index (χ1v) is 5.65. The molecule has 17 heavy (non-hydrogen) atoms. The molecule has 90 valence electrons. The summed E-state index contributed by atoms with van der Waals surface area (Å²) in [5, 5.41) is 0. The third kappa shape index (κ3) is 1.58. The topological polar surface area (TPSA) is 50.9 Å². The summed E-state index contributed by atoms with van der Waals surface area (Å²) in [5.74, 6) is 0.238. The maximum Gasteiger partial charge on any atom is 0.196 e. The number of benzene rings is 1. The maximum absolute atomic E-state index is 12.9. The summed E-state index contributed by atoms with van der Waals surface area (Å²) in [7, 11) is 0. The van der Waals surface area contributed by atoms with Gasteiger partial charge in [-0.15, -0.1) is 0 Å². The van der Waals surface area contributed by atoms with E-state index in [0.29, 0.717) is 19.1 Å². The summed E-state index contributed by atoms with van der Waals surface area (Å²) in [4.78, 5) is 6.27. The standard InChI is InChI=1S/C12H14FN3O/c13-9-1-3-10(4-2-9)16-11(14)15-7-12(16)5-6-17-8-12/h1-4H,5-8H2,(H2,14,15). The molecular weight excluding hydrogens is 221 g/mol. The lowest BCUT2D eigenvalue weighted by atomic mass is 9.97. The van der Waals surface area contributed by atoms with E-state index in [2.05, 4.69) is 4.99 Å². The van der Waals surface area contributed by atoms with Crippen LogP contribution in [-0.2, 0) is 4.74 Å². The van der Waals surface area contributed by atoms with Crippen LogP contribution in [0.3, 0.4) is 0 Å². The smallest absolute Gasteiger partial charge is 0.196 e. The van der Waals surface area contributed by atoms with Gasteiger partial charge in [0.05, 0.1) is 18.7 Å². The number of rotatable bonds is 1. The molecule has 1 saturated heterocycles. The van der Waals surface area contributed by atoms with E-state index in [-0.39, 0.29) is 11.4 Å². The highest BCUT2D eigenvalue weighted by Crippen LogP contribution is 2.34. The van der Waals surface area contributed by atoms with Crippen molar-refractivity contribution in [2.75, 3.05) is 24.7 Å². The van der Waals surface area contributed by atoms with Gasteiger partial charge in [0.15, 0.2) is 5.96 Å². The Balaban J connectivity index is 1.98. The molecule has 0 saturated carbocycles. The van der Waals surface area contributed by atoms with Crippen LogP contribution in [0.15, 0.2) is 29.3 Å². The number of nitrogens with zero attached hydrogens (tertiary/aromatic N) is 2. The van der Waals surface area contributed by atoms with Crippen LogP contribution in [0.2, 0.25) is 0 Å². The van der Waals surface area contributed by atoms with Gasteiger partial charge in [-0.1, -0.05) is 0 Å². The fourth-order valence-electron chi connectivity index (χ4n) is 2.51. The van der Waals surface area contributed by atoms with E-state index in [1.54, 1.807) is 12.1 Å². The highest BCUT2D eigenvalue weighted by atomic mass is 19.1. The van der Waals surface area contributed by atoms with Gasteiger partial charge in [-0.2, -0.15) is 0 Å². The Hall–Kier alpha value is -1.62. The molecular formula is C12H14FN3O. The number of nitrogens with two attached hydrogens (primary N) is 1. The summed E-state index contributed by atoms with van der Waals surface area (Å²) in [6.45, 7) is 1.99. The Morgan fingerprint density at radius 3 is 2.76 bits per heavy atom. The van der Waals surface area contributed by atoms with Gasteiger partial charge in [-0.3, -0.25) is 4.99 Å². The minimum atomic E-state index is -0.250. The van der Waals surface area contributed by atoms with Gasteiger partial charge in [0.25, 0.3) is 0 Å². The second kappa shape index (κ2) is 3.70. The normalized spacial score (nSPS) is 27.8. The van der Waals surface area contributed by atoms with E-state index in [9.17, 15) is 4.39 Å². The molecule has 0 aliphatic carbocycles. The predicted octanol–water partition coefficient (Wildman–Crippen LogP) is 1.12. The second-order valence-corrected chi connectivity index (χ2v) is 4.51. The number of anilines is 1. The van der Waals surface area contributed by atoms with Gasteiger partial charge < -0.3 is 15.4 Å². The lowest BCUT2D eigenvalue weighted by Gasteiger charge is -2.34. The molecule has 1 fully saturated rings. The van der Waals surface area contributed by atoms with Crippen molar-refractivity contribution in [3.8, 4) is 0 Å². The van der Waals surface area contributed by atoms with Crippen LogP contribution in [0.5, 0.6) is 0 Å². The molecule has 1 unspecified atom stereocenters. The van der Waals surface area contributed by atoms with Crippen molar-refractivity contribution >= 4 is 11.6 Å². The molecule has 1 atom stereocenters. The molecule has 4 nitrogen and oxygen atoms in total. The quantitative estimate of drug-likeness (QED) is 0.793. The molecule has 2 aliphatic heterocycles. The molecule has 5 heteroatoms. The van der Waals surface area contributed by atoms with Crippen molar-refractivity contribution in [2.24, 2.45) is 10.7 Å². The minimum Gasteiger partial charge on any atom is -0.379 e. The van der Waals surface area contributed by atoms with Crippen molar-refractivity contribution in [1.29, 1.82) is 0 Å². The number of guanidine groups is 1. The van der Waals surface area contributed by atoms with E-state index < -0.39 is 0 Å². The van der Waals surface area contributed by atoms with E-state index >= 15 is 0 Å². The third-order valence-electron chi connectivity index (χ3n) is 3.41. The molecule has 2 heterocycles. The Morgan fingerprint density at radius 1 is 1.35 bits per heavy atom. The summed E-state index contributed by atoms with van der Waals surface area (Å²) < 4.78 is 18.4. The fourth-order valence-corrected chi connectivity index (χ4v) is 2.51. The van der Waals surface area contributed by atoms with Crippen LogP contribution in [0.1, 0.15) is 6.42 Å².